The van der Waals surface area contributed by atoms with E-state index in [1.807, 2.05) is 25.2 Å². The summed E-state index contributed by atoms with van der Waals surface area (Å²) in [6.07, 6.45) is 2.27. The minimum atomic E-state index is 0.111. The SMILES string of the molecule is CN=C1Nc2cc(-c3cccc(N)c3)sc2N2C(C)=CN(C)C12. The van der Waals surface area contributed by atoms with Gasteiger partial charge >= 0.3 is 0 Å². The van der Waals surface area contributed by atoms with Gasteiger partial charge in [0.1, 0.15) is 10.8 Å². The molecule has 4 rings (SSSR count). The number of rotatable bonds is 1. The molecule has 1 atom stereocenters. The van der Waals surface area contributed by atoms with Crippen molar-refractivity contribution in [2.45, 2.75) is 13.1 Å². The molecule has 5 nitrogen and oxygen atoms in total. The molecule has 0 amide bonds. The van der Waals surface area contributed by atoms with Crippen molar-refractivity contribution in [1.29, 1.82) is 0 Å². The number of amidine groups is 1. The van der Waals surface area contributed by atoms with E-state index in [9.17, 15) is 0 Å². The zero-order valence-electron chi connectivity index (χ0n) is 13.4. The normalized spacial score (nSPS) is 21.1. The molecule has 23 heavy (non-hydrogen) atoms. The number of thiophene rings is 1. The van der Waals surface area contributed by atoms with E-state index in [0.29, 0.717) is 0 Å². The largest absolute Gasteiger partial charge is 0.399 e. The molecule has 0 saturated heterocycles. The summed E-state index contributed by atoms with van der Waals surface area (Å²) in [5, 5.41) is 4.71. The average Bonchev–Trinajstić information content (AvgIpc) is 3.07. The van der Waals surface area contributed by atoms with E-state index in [4.69, 9.17) is 5.73 Å². The molecule has 2 aliphatic rings. The lowest BCUT2D eigenvalue weighted by atomic mass is 10.1. The Morgan fingerprint density at radius 1 is 1.30 bits per heavy atom. The highest BCUT2D eigenvalue weighted by atomic mass is 32.1. The molecule has 2 aromatic rings. The number of hydrogen-bond donors (Lipinski definition) is 2. The molecule has 0 fully saturated rings. The fourth-order valence-electron chi connectivity index (χ4n) is 3.25. The summed E-state index contributed by atoms with van der Waals surface area (Å²) in [6, 6.07) is 10.2. The number of benzene rings is 1. The van der Waals surface area contributed by atoms with E-state index < -0.39 is 0 Å². The van der Waals surface area contributed by atoms with Gasteiger partial charge in [-0.05, 0) is 30.7 Å². The third kappa shape index (κ3) is 2.09. The van der Waals surface area contributed by atoms with Gasteiger partial charge in [0.2, 0.25) is 0 Å². The maximum Gasteiger partial charge on any atom is 0.165 e. The Kier molecular flexibility index (Phi) is 3.09. The van der Waals surface area contributed by atoms with Gasteiger partial charge < -0.3 is 20.9 Å². The van der Waals surface area contributed by atoms with Crippen molar-refractivity contribution in [1.82, 2.24) is 4.90 Å². The van der Waals surface area contributed by atoms with Gasteiger partial charge in [0.15, 0.2) is 6.17 Å². The highest BCUT2D eigenvalue weighted by Gasteiger charge is 2.39. The first kappa shape index (κ1) is 14.1. The predicted molar refractivity (Wildman–Crippen MR) is 98.9 cm³/mol. The van der Waals surface area contributed by atoms with Crippen LogP contribution in [-0.4, -0.2) is 31.0 Å². The van der Waals surface area contributed by atoms with Crippen molar-refractivity contribution in [2.24, 2.45) is 4.99 Å². The smallest absolute Gasteiger partial charge is 0.165 e. The number of allylic oxidation sites excluding steroid dienone is 1. The number of nitrogens with zero attached hydrogens (tertiary/aromatic N) is 3. The maximum absolute atomic E-state index is 5.93. The van der Waals surface area contributed by atoms with Gasteiger partial charge in [-0.2, -0.15) is 0 Å². The highest BCUT2D eigenvalue weighted by Crippen LogP contribution is 2.47. The van der Waals surface area contributed by atoms with Crippen molar-refractivity contribution < 1.29 is 0 Å². The van der Waals surface area contributed by atoms with Crippen molar-refractivity contribution in [3.8, 4) is 10.4 Å². The number of nitrogen functional groups attached to an aromatic ring is 1. The molecule has 2 aliphatic heterocycles. The summed E-state index contributed by atoms with van der Waals surface area (Å²) in [4.78, 5) is 10.2. The number of nitrogens with one attached hydrogen (secondary N) is 1. The number of anilines is 3. The Balaban J connectivity index is 1.84. The summed E-state index contributed by atoms with van der Waals surface area (Å²) in [5.74, 6) is 0.963. The molecule has 3 N–H and O–H groups in total. The second-order valence-corrected chi connectivity index (χ2v) is 6.90. The number of fused-ring (bicyclic) bond motifs is 3. The zero-order chi connectivity index (χ0) is 16.1. The van der Waals surface area contributed by atoms with E-state index >= 15 is 0 Å². The Bertz CT molecular complexity index is 835. The van der Waals surface area contributed by atoms with Gasteiger partial charge in [-0.3, -0.25) is 4.99 Å². The lowest BCUT2D eigenvalue weighted by molar-refractivity contribution is 0.434. The molecule has 0 aliphatic carbocycles. The molecule has 1 aromatic carbocycles. The summed E-state index contributed by atoms with van der Waals surface area (Å²) < 4.78 is 0. The first-order valence-corrected chi connectivity index (χ1v) is 8.33. The maximum atomic E-state index is 5.93. The van der Waals surface area contributed by atoms with Gasteiger partial charge in [0, 0.05) is 36.6 Å². The number of nitrogens with two attached hydrogens (primary N) is 1. The Labute approximate surface area is 139 Å². The minimum absolute atomic E-state index is 0.111. The topological polar surface area (TPSA) is 56.9 Å². The Morgan fingerprint density at radius 2 is 2.13 bits per heavy atom. The molecule has 0 radical (unpaired) electrons. The van der Waals surface area contributed by atoms with Gasteiger partial charge in [-0.25, -0.2) is 0 Å². The second-order valence-electron chi connectivity index (χ2n) is 5.87. The standard InChI is InChI=1S/C17H19N5S/c1-10-9-21(3)16-15(19-2)20-13-8-14(23-17(13)22(10)16)11-5-4-6-12(18)7-11/h4-9,16H,18H2,1-3H3,(H,19,20). The summed E-state index contributed by atoms with van der Waals surface area (Å²) in [7, 11) is 3.91. The van der Waals surface area contributed by atoms with E-state index in [-0.39, 0.29) is 6.17 Å². The third-order valence-electron chi connectivity index (χ3n) is 4.25. The van der Waals surface area contributed by atoms with Crippen LogP contribution in [0, 0.1) is 0 Å². The van der Waals surface area contributed by atoms with Crippen LogP contribution >= 0.6 is 11.3 Å². The second kappa shape index (κ2) is 5.03. The average molecular weight is 325 g/mol. The van der Waals surface area contributed by atoms with Crippen LogP contribution in [0.25, 0.3) is 10.4 Å². The first-order chi connectivity index (χ1) is 11.1. The number of aliphatic imine (C=N–C) groups is 1. The van der Waals surface area contributed by atoms with Crippen LogP contribution in [0.1, 0.15) is 6.92 Å². The highest BCUT2D eigenvalue weighted by molar-refractivity contribution is 7.20. The fourth-order valence-corrected chi connectivity index (χ4v) is 4.44. The molecule has 0 spiro atoms. The summed E-state index contributed by atoms with van der Waals surface area (Å²) >= 11 is 1.78. The van der Waals surface area contributed by atoms with Gasteiger partial charge in [0.25, 0.3) is 0 Å². The van der Waals surface area contributed by atoms with Gasteiger partial charge in [-0.1, -0.05) is 12.1 Å². The van der Waals surface area contributed by atoms with Crippen molar-refractivity contribution in [2.75, 3.05) is 30.0 Å². The predicted octanol–water partition coefficient (Wildman–Crippen LogP) is 3.39. The zero-order valence-corrected chi connectivity index (χ0v) is 14.2. The molecule has 0 saturated carbocycles. The molecule has 6 heteroatoms. The monoisotopic (exact) mass is 325 g/mol. The van der Waals surface area contributed by atoms with Crippen molar-refractivity contribution in [3.05, 3.63) is 42.2 Å². The fraction of sp³-hybridized carbons (Fsp3) is 0.235. The quantitative estimate of drug-likeness (QED) is 0.789. The van der Waals surface area contributed by atoms with E-state index in [0.717, 1.165) is 22.8 Å². The van der Waals surface area contributed by atoms with Crippen LogP contribution in [-0.2, 0) is 0 Å². The van der Waals surface area contributed by atoms with Crippen LogP contribution in [0.2, 0.25) is 0 Å². The molecule has 1 unspecified atom stereocenters. The van der Waals surface area contributed by atoms with E-state index in [1.54, 1.807) is 11.3 Å². The van der Waals surface area contributed by atoms with Crippen LogP contribution in [0.15, 0.2) is 47.2 Å². The van der Waals surface area contributed by atoms with E-state index in [2.05, 4.69) is 52.4 Å². The van der Waals surface area contributed by atoms with Crippen LogP contribution < -0.4 is 16.0 Å². The molecule has 3 heterocycles. The summed E-state index contributed by atoms with van der Waals surface area (Å²) in [6.45, 7) is 2.14. The number of likely N-dealkylation sites (N-methyl/N-ethyl adjacent to an activating group) is 1. The molecule has 0 bridgehead atoms. The lowest BCUT2D eigenvalue weighted by Gasteiger charge is -2.36. The summed E-state index contributed by atoms with van der Waals surface area (Å²) in [5.41, 5.74) is 10.2. The molecule has 118 valence electrons. The first-order valence-electron chi connectivity index (χ1n) is 7.51. The minimum Gasteiger partial charge on any atom is -0.399 e. The molecular formula is C17H19N5S. The van der Waals surface area contributed by atoms with Crippen molar-refractivity contribution >= 4 is 33.5 Å². The van der Waals surface area contributed by atoms with E-state index in [1.165, 1.54) is 15.6 Å². The van der Waals surface area contributed by atoms with Crippen LogP contribution in [0.5, 0.6) is 0 Å². The van der Waals surface area contributed by atoms with Gasteiger partial charge in [0.05, 0.1) is 5.69 Å². The van der Waals surface area contributed by atoms with Gasteiger partial charge in [-0.15, -0.1) is 11.3 Å². The molecular weight excluding hydrogens is 306 g/mol. The Hall–Kier alpha value is -2.47. The lowest BCUT2D eigenvalue weighted by Crippen LogP contribution is -2.50. The van der Waals surface area contributed by atoms with Crippen molar-refractivity contribution in [3.63, 3.8) is 0 Å². The molecule has 1 aromatic heterocycles. The third-order valence-corrected chi connectivity index (χ3v) is 5.43. The van der Waals surface area contributed by atoms with Crippen LogP contribution in [0.3, 0.4) is 0 Å². The number of hydrogen-bond acceptors (Lipinski definition) is 5. The van der Waals surface area contributed by atoms with Crippen LogP contribution in [0.4, 0.5) is 16.4 Å². The Morgan fingerprint density at radius 3 is 2.87 bits per heavy atom.